The van der Waals surface area contributed by atoms with E-state index in [2.05, 4.69) is 0 Å². The average molecular weight is 481 g/mol. The number of hydrogen-bond acceptors (Lipinski definition) is 6. The number of ether oxygens (including phenoxy) is 2. The number of nitrogens with zero attached hydrogens (tertiary/aromatic N) is 1. The fraction of sp³-hybridized carbons (Fsp3) is 0.222. The molecule has 0 radical (unpaired) electrons. The van der Waals surface area contributed by atoms with Crippen LogP contribution >= 0.6 is 0 Å². The quantitative estimate of drug-likeness (QED) is 0.232. The van der Waals surface area contributed by atoms with Crippen LogP contribution in [0.15, 0.2) is 72.8 Å². The van der Waals surface area contributed by atoms with Crippen molar-refractivity contribution in [3.8, 4) is 17.2 Å². The summed E-state index contributed by atoms with van der Waals surface area (Å²) in [7, 11) is 1.57. The third-order valence-electron chi connectivity index (χ3n) is 5.12. The molecular weight excluding hydrogens is 451 g/mol. The van der Waals surface area contributed by atoms with Crippen LogP contribution in [0.1, 0.15) is 18.1 Å². The van der Waals surface area contributed by atoms with Crippen LogP contribution in [-0.4, -0.2) is 49.0 Å². The molecule has 0 aromatic heterocycles. The van der Waals surface area contributed by atoms with Crippen molar-refractivity contribution >= 4 is 17.6 Å². The van der Waals surface area contributed by atoms with E-state index in [0.717, 1.165) is 0 Å². The molecule has 0 bridgehead atoms. The van der Waals surface area contributed by atoms with Gasteiger partial charge >= 0.3 is 0 Å². The molecule has 3 N–H and O–H groups in total. The van der Waals surface area contributed by atoms with Crippen molar-refractivity contribution < 1.29 is 28.6 Å². The first-order chi connectivity index (χ1) is 16.9. The molecule has 0 aliphatic heterocycles. The van der Waals surface area contributed by atoms with Crippen LogP contribution in [0.3, 0.4) is 0 Å². The SMILES string of the molecule is CCN(CC(O)COc1ccc(/C(=C/c2ccc(F)cc2)C(N)=O)cc1)Oc1ccccc1OC. The highest BCUT2D eigenvalue weighted by Crippen LogP contribution is 2.27. The van der Waals surface area contributed by atoms with Gasteiger partial charge in [-0.05, 0) is 60.5 Å². The molecule has 7 nitrogen and oxygen atoms in total. The van der Waals surface area contributed by atoms with Crippen molar-refractivity contribution in [3.05, 3.63) is 89.7 Å². The predicted octanol–water partition coefficient (Wildman–Crippen LogP) is 3.92. The Kier molecular flexibility index (Phi) is 9.23. The van der Waals surface area contributed by atoms with E-state index in [1.807, 2.05) is 19.1 Å². The van der Waals surface area contributed by atoms with Gasteiger partial charge in [0.05, 0.1) is 13.7 Å². The Labute approximate surface area is 204 Å². The molecule has 1 atom stereocenters. The van der Waals surface area contributed by atoms with Gasteiger partial charge in [-0.2, -0.15) is 0 Å². The molecule has 184 valence electrons. The molecule has 0 aliphatic carbocycles. The van der Waals surface area contributed by atoms with E-state index in [1.54, 1.807) is 66.8 Å². The molecular formula is C27H29FN2O5. The minimum atomic E-state index is -0.816. The van der Waals surface area contributed by atoms with Crippen LogP contribution in [0.25, 0.3) is 11.6 Å². The van der Waals surface area contributed by atoms with Gasteiger partial charge < -0.3 is 25.2 Å². The highest BCUT2D eigenvalue weighted by molar-refractivity contribution is 6.23. The first-order valence-electron chi connectivity index (χ1n) is 11.1. The largest absolute Gasteiger partial charge is 0.493 e. The normalized spacial score (nSPS) is 12.3. The lowest BCUT2D eigenvalue weighted by molar-refractivity contribution is -0.112. The number of para-hydroxylation sites is 2. The number of aliphatic hydroxyl groups is 1. The first-order valence-corrected chi connectivity index (χ1v) is 11.1. The molecule has 3 rings (SSSR count). The number of benzene rings is 3. The average Bonchev–Trinajstić information content (AvgIpc) is 2.87. The number of primary amides is 1. The first kappa shape index (κ1) is 25.7. The van der Waals surface area contributed by atoms with Crippen molar-refractivity contribution in [2.45, 2.75) is 13.0 Å². The molecule has 35 heavy (non-hydrogen) atoms. The standard InChI is InChI=1S/C27H29FN2O5/c1-3-30(35-26-7-5-4-6-25(26)33-2)17-22(31)18-34-23-14-10-20(11-15-23)24(27(29)32)16-19-8-12-21(28)13-9-19/h4-16,22,31H,3,17-18H2,1-2H3,(H2,29,32)/b24-16-. The number of rotatable bonds is 12. The maximum atomic E-state index is 13.1. The van der Waals surface area contributed by atoms with Gasteiger partial charge in [-0.3, -0.25) is 4.79 Å². The van der Waals surface area contributed by atoms with E-state index in [-0.39, 0.29) is 24.5 Å². The van der Waals surface area contributed by atoms with Crippen LogP contribution in [0.2, 0.25) is 0 Å². The van der Waals surface area contributed by atoms with Crippen molar-refractivity contribution in [2.75, 3.05) is 26.8 Å². The lowest BCUT2D eigenvalue weighted by Gasteiger charge is -2.24. The van der Waals surface area contributed by atoms with Crippen LogP contribution in [0.4, 0.5) is 4.39 Å². The summed E-state index contributed by atoms with van der Waals surface area (Å²) < 4.78 is 24.1. The second-order valence-electron chi connectivity index (χ2n) is 7.69. The van der Waals surface area contributed by atoms with Crippen LogP contribution in [0.5, 0.6) is 17.2 Å². The Balaban J connectivity index is 1.58. The number of hydroxylamine groups is 2. The number of carbonyl (C=O) groups excluding carboxylic acids is 1. The fourth-order valence-electron chi connectivity index (χ4n) is 3.30. The molecule has 3 aromatic rings. The van der Waals surface area contributed by atoms with E-state index >= 15 is 0 Å². The molecule has 0 aliphatic rings. The number of nitrogens with two attached hydrogens (primary N) is 1. The number of methoxy groups -OCH3 is 1. The monoisotopic (exact) mass is 480 g/mol. The van der Waals surface area contributed by atoms with Crippen LogP contribution in [-0.2, 0) is 4.79 Å². The minimum absolute atomic E-state index is 0.0409. The Hall–Kier alpha value is -3.88. The minimum Gasteiger partial charge on any atom is -0.493 e. The Morgan fingerprint density at radius 2 is 1.71 bits per heavy atom. The summed E-state index contributed by atoms with van der Waals surface area (Å²) in [6.07, 6.45) is 0.784. The van der Waals surface area contributed by atoms with E-state index < -0.39 is 12.0 Å². The summed E-state index contributed by atoms with van der Waals surface area (Å²) in [5, 5.41) is 12.1. The van der Waals surface area contributed by atoms with Crippen molar-refractivity contribution in [1.29, 1.82) is 0 Å². The molecule has 0 heterocycles. The van der Waals surface area contributed by atoms with E-state index in [0.29, 0.717) is 34.9 Å². The maximum Gasteiger partial charge on any atom is 0.249 e. The van der Waals surface area contributed by atoms with Gasteiger partial charge in [0.1, 0.15) is 24.3 Å². The van der Waals surface area contributed by atoms with E-state index in [1.165, 1.54) is 12.1 Å². The summed E-state index contributed by atoms with van der Waals surface area (Å²) >= 11 is 0. The molecule has 1 unspecified atom stereocenters. The summed E-state index contributed by atoms with van der Waals surface area (Å²) in [6, 6.07) is 19.8. The molecule has 0 fully saturated rings. The fourth-order valence-corrected chi connectivity index (χ4v) is 3.30. The molecule has 0 saturated heterocycles. The molecule has 0 spiro atoms. The third-order valence-corrected chi connectivity index (χ3v) is 5.12. The number of carbonyl (C=O) groups is 1. The van der Waals surface area contributed by atoms with Gasteiger partial charge in [0, 0.05) is 12.1 Å². The second kappa shape index (κ2) is 12.5. The molecule has 3 aromatic carbocycles. The third kappa shape index (κ3) is 7.56. The molecule has 0 saturated carbocycles. The van der Waals surface area contributed by atoms with Crippen molar-refractivity contribution in [1.82, 2.24) is 5.06 Å². The van der Waals surface area contributed by atoms with Crippen molar-refractivity contribution in [2.24, 2.45) is 5.73 Å². The Morgan fingerprint density at radius 1 is 1.06 bits per heavy atom. The van der Waals surface area contributed by atoms with Gasteiger partial charge in [-0.15, -0.1) is 5.06 Å². The predicted molar refractivity (Wildman–Crippen MR) is 132 cm³/mol. The number of likely N-dealkylation sites (N-methyl/N-ethyl adjacent to an activating group) is 1. The smallest absolute Gasteiger partial charge is 0.249 e. The van der Waals surface area contributed by atoms with Gasteiger partial charge in [-0.25, -0.2) is 4.39 Å². The second-order valence-corrected chi connectivity index (χ2v) is 7.69. The number of aliphatic hydroxyl groups excluding tert-OH is 1. The number of hydrogen-bond donors (Lipinski definition) is 2. The van der Waals surface area contributed by atoms with Crippen LogP contribution < -0.4 is 20.0 Å². The van der Waals surface area contributed by atoms with E-state index in [9.17, 15) is 14.3 Å². The highest BCUT2D eigenvalue weighted by Gasteiger charge is 2.15. The topological polar surface area (TPSA) is 94.2 Å². The van der Waals surface area contributed by atoms with Gasteiger partial charge in [0.15, 0.2) is 11.5 Å². The van der Waals surface area contributed by atoms with Crippen LogP contribution in [0, 0.1) is 5.82 Å². The Bertz CT molecular complexity index is 1130. The molecule has 8 heteroatoms. The summed E-state index contributed by atoms with van der Waals surface area (Å²) in [5.41, 5.74) is 7.08. The zero-order chi connectivity index (χ0) is 25.2. The lowest BCUT2D eigenvalue weighted by Crippen LogP contribution is -2.37. The summed E-state index contributed by atoms with van der Waals surface area (Å²) in [6.45, 7) is 2.72. The van der Waals surface area contributed by atoms with Crippen molar-refractivity contribution in [3.63, 3.8) is 0 Å². The summed E-state index contributed by atoms with van der Waals surface area (Å²) in [4.78, 5) is 17.8. The lowest BCUT2D eigenvalue weighted by atomic mass is 10.0. The molecule has 1 amide bonds. The zero-order valence-corrected chi connectivity index (χ0v) is 19.7. The van der Waals surface area contributed by atoms with Gasteiger partial charge in [0.25, 0.3) is 0 Å². The summed E-state index contributed by atoms with van der Waals surface area (Å²) in [5.74, 6) is 0.709. The zero-order valence-electron chi connectivity index (χ0n) is 19.7. The van der Waals surface area contributed by atoms with E-state index in [4.69, 9.17) is 20.0 Å². The van der Waals surface area contributed by atoms with Gasteiger partial charge in [0.2, 0.25) is 5.91 Å². The Morgan fingerprint density at radius 3 is 2.31 bits per heavy atom. The maximum absolute atomic E-state index is 13.1. The number of amides is 1. The van der Waals surface area contributed by atoms with Gasteiger partial charge in [-0.1, -0.05) is 36.4 Å². The highest BCUT2D eigenvalue weighted by atomic mass is 19.1. The number of halogens is 1.